The minimum atomic E-state index is -3.95. The molecule has 3 N–H and O–H groups in total. The highest BCUT2D eigenvalue weighted by atomic mass is 35.5. The van der Waals surface area contributed by atoms with Crippen LogP contribution in [0.25, 0.3) is 0 Å². The maximum Gasteiger partial charge on any atom is 0.261 e. The van der Waals surface area contributed by atoms with Crippen LogP contribution >= 0.6 is 12.4 Å². The van der Waals surface area contributed by atoms with Gasteiger partial charge in [-0.15, -0.1) is 12.4 Å². The van der Waals surface area contributed by atoms with Crippen LogP contribution in [-0.2, 0) is 10.0 Å². The summed E-state index contributed by atoms with van der Waals surface area (Å²) in [7, 11) is -2.12. The van der Waals surface area contributed by atoms with Gasteiger partial charge in [-0.05, 0) is 62.8 Å². The summed E-state index contributed by atoms with van der Waals surface area (Å²) in [6.45, 7) is 2.85. The van der Waals surface area contributed by atoms with E-state index in [4.69, 9.17) is 0 Å². The zero-order valence-corrected chi connectivity index (χ0v) is 16.7. The Kier molecular flexibility index (Phi) is 8.68. The third kappa shape index (κ3) is 6.50. The van der Waals surface area contributed by atoms with Gasteiger partial charge in [0.15, 0.2) is 0 Å². The topological polar surface area (TPSA) is 87.3 Å². The molecule has 2 rings (SSSR count). The molecule has 0 unspecified atom stereocenters. The number of nitrogens with one attached hydrogen (secondary N) is 3. The Morgan fingerprint density at radius 3 is 2.52 bits per heavy atom. The summed E-state index contributed by atoms with van der Waals surface area (Å²) in [6.07, 6.45) is 0.785. The fourth-order valence-corrected chi connectivity index (χ4v) is 3.31. The average molecular weight is 416 g/mol. The first-order valence-corrected chi connectivity index (χ1v) is 9.63. The molecule has 6 nitrogen and oxygen atoms in total. The SMILES string of the molecule is CNCCCNC(=O)c1cccc(NS(=O)(=O)c2ccc(C)c(F)c2)c1.Cl. The minimum Gasteiger partial charge on any atom is -0.352 e. The van der Waals surface area contributed by atoms with Crippen molar-refractivity contribution in [1.29, 1.82) is 0 Å². The molecule has 9 heteroatoms. The zero-order chi connectivity index (χ0) is 19.2. The second-order valence-electron chi connectivity index (χ2n) is 5.81. The second-order valence-corrected chi connectivity index (χ2v) is 7.49. The van der Waals surface area contributed by atoms with Crippen LogP contribution in [0.15, 0.2) is 47.4 Å². The van der Waals surface area contributed by atoms with Gasteiger partial charge in [0.05, 0.1) is 4.90 Å². The molecule has 0 bridgehead atoms. The zero-order valence-electron chi connectivity index (χ0n) is 15.1. The molecule has 1 amide bonds. The monoisotopic (exact) mass is 415 g/mol. The molecular weight excluding hydrogens is 393 g/mol. The second kappa shape index (κ2) is 10.2. The van der Waals surface area contributed by atoms with Crippen LogP contribution in [0.4, 0.5) is 10.1 Å². The fourth-order valence-electron chi connectivity index (χ4n) is 2.25. The number of aryl methyl sites for hydroxylation is 1. The molecule has 2 aromatic carbocycles. The predicted molar refractivity (Wildman–Crippen MR) is 107 cm³/mol. The molecule has 0 aliphatic rings. The predicted octanol–water partition coefficient (Wildman–Crippen LogP) is 2.70. The molecule has 2 aromatic rings. The highest BCUT2D eigenvalue weighted by Gasteiger charge is 2.16. The van der Waals surface area contributed by atoms with Crippen molar-refractivity contribution in [1.82, 2.24) is 10.6 Å². The van der Waals surface area contributed by atoms with Crippen molar-refractivity contribution in [2.45, 2.75) is 18.2 Å². The van der Waals surface area contributed by atoms with Crippen LogP contribution in [0.2, 0.25) is 0 Å². The van der Waals surface area contributed by atoms with E-state index < -0.39 is 15.8 Å². The van der Waals surface area contributed by atoms with Crippen LogP contribution in [0.1, 0.15) is 22.3 Å². The number of hydrogen-bond donors (Lipinski definition) is 3. The van der Waals surface area contributed by atoms with Crippen LogP contribution in [-0.4, -0.2) is 34.5 Å². The Morgan fingerprint density at radius 2 is 1.85 bits per heavy atom. The minimum absolute atomic E-state index is 0. The van der Waals surface area contributed by atoms with E-state index in [0.29, 0.717) is 17.7 Å². The Morgan fingerprint density at radius 1 is 1.11 bits per heavy atom. The van der Waals surface area contributed by atoms with E-state index in [1.54, 1.807) is 19.1 Å². The van der Waals surface area contributed by atoms with E-state index >= 15 is 0 Å². The van der Waals surface area contributed by atoms with Gasteiger partial charge in [0.25, 0.3) is 15.9 Å². The summed E-state index contributed by atoms with van der Waals surface area (Å²) in [4.78, 5) is 11.9. The first-order valence-electron chi connectivity index (χ1n) is 8.15. The van der Waals surface area contributed by atoms with E-state index in [1.807, 2.05) is 7.05 Å². The standard InChI is InChI=1S/C18H22FN3O3S.ClH/c1-13-7-8-16(12-17(13)19)26(24,25)22-15-6-3-5-14(11-15)18(23)21-10-4-9-20-2;/h3,5-8,11-12,20,22H,4,9-10H2,1-2H3,(H,21,23);1H. The third-order valence-electron chi connectivity index (χ3n) is 3.72. The molecule has 0 heterocycles. The van der Waals surface area contributed by atoms with Gasteiger partial charge in [0, 0.05) is 17.8 Å². The summed E-state index contributed by atoms with van der Waals surface area (Å²) in [5.74, 6) is -0.883. The molecule has 0 spiro atoms. The lowest BCUT2D eigenvalue weighted by atomic mass is 10.2. The smallest absolute Gasteiger partial charge is 0.261 e. The lowest BCUT2D eigenvalue weighted by molar-refractivity contribution is 0.0953. The number of amides is 1. The number of carbonyl (C=O) groups is 1. The molecule has 0 saturated carbocycles. The van der Waals surface area contributed by atoms with Crippen molar-refractivity contribution in [3.63, 3.8) is 0 Å². The van der Waals surface area contributed by atoms with Gasteiger partial charge >= 0.3 is 0 Å². The summed E-state index contributed by atoms with van der Waals surface area (Å²) < 4.78 is 40.8. The number of benzene rings is 2. The van der Waals surface area contributed by atoms with E-state index in [9.17, 15) is 17.6 Å². The molecular formula is C18H23ClFN3O3S. The summed E-state index contributed by atoms with van der Waals surface area (Å²) in [6, 6.07) is 9.84. The molecule has 0 aromatic heterocycles. The maximum absolute atomic E-state index is 13.6. The maximum atomic E-state index is 13.6. The first kappa shape index (κ1) is 22.9. The molecule has 148 valence electrons. The molecule has 0 fully saturated rings. The van der Waals surface area contributed by atoms with Gasteiger partial charge in [-0.3, -0.25) is 9.52 Å². The van der Waals surface area contributed by atoms with E-state index in [1.165, 1.54) is 24.3 Å². The summed E-state index contributed by atoms with van der Waals surface area (Å²) >= 11 is 0. The number of anilines is 1. The normalized spacial score (nSPS) is 10.8. The van der Waals surface area contributed by atoms with Crippen molar-refractivity contribution in [2.75, 3.05) is 24.9 Å². The first-order chi connectivity index (χ1) is 12.3. The average Bonchev–Trinajstić information content (AvgIpc) is 2.60. The largest absolute Gasteiger partial charge is 0.352 e. The number of carbonyl (C=O) groups excluding carboxylic acids is 1. The lowest BCUT2D eigenvalue weighted by Crippen LogP contribution is -2.26. The van der Waals surface area contributed by atoms with Crippen LogP contribution in [0.3, 0.4) is 0 Å². The molecule has 0 aliphatic carbocycles. The van der Waals surface area contributed by atoms with E-state index in [0.717, 1.165) is 19.0 Å². The highest BCUT2D eigenvalue weighted by molar-refractivity contribution is 7.92. The Bertz CT molecular complexity index is 891. The third-order valence-corrected chi connectivity index (χ3v) is 5.10. The quantitative estimate of drug-likeness (QED) is 0.578. The van der Waals surface area contributed by atoms with Gasteiger partial charge in [-0.2, -0.15) is 0 Å². The van der Waals surface area contributed by atoms with Gasteiger partial charge in [0.1, 0.15) is 5.82 Å². The molecule has 0 saturated heterocycles. The van der Waals surface area contributed by atoms with Crippen molar-refractivity contribution in [3.8, 4) is 0 Å². The van der Waals surface area contributed by atoms with Gasteiger partial charge in [0.2, 0.25) is 0 Å². The van der Waals surface area contributed by atoms with Crippen LogP contribution in [0, 0.1) is 12.7 Å². The van der Waals surface area contributed by atoms with E-state index in [-0.39, 0.29) is 28.9 Å². The number of sulfonamides is 1. The van der Waals surface area contributed by atoms with Gasteiger partial charge in [-0.1, -0.05) is 12.1 Å². The number of rotatable bonds is 8. The molecule has 0 aliphatic heterocycles. The van der Waals surface area contributed by atoms with Crippen molar-refractivity contribution in [3.05, 3.63) is 59.4 Å². The Hall–Kier alpha value is -2.16. The van der Waals surface area contributed by atoms with Crippen LogP contribution < -0.4 is 15.4 Å². The van der Waals surface area contributed by atoms with Crippen molar-refractivity contribution in [2.24, 2.45) is 0 Å². The molecule has 27 heavy (non-hydrogen) atoms. The number of hydrogen-bond acceptors (Lipinski definition) is 4. The van der Waals surface area contributed by atoms with Crippen LogP contribution in [0.5, 0.6) is 0 Å². The summed E-state index contributed by atoms with van der Waals surface area (Å²) in [5.41, 5.74) is 0.930. The Balaban J connectivity index is 0.00000364. The summed E-state index contributed by atoms with van der Waals surface area (Å²) in [5, 5.41) is 5.75. The fraction of sp³-hybridized carbons (Fsp3) is 0.278. The molecule has 0 radical (unpaired) electrons. The van der Waals surface area contributed by atoms with Crippen molar-refractivity contribution < 1.29 is 17.6 Å². The lowest BCUT2D eigenvalue weighted by Gasteiger charge is -2.10. The van der Waals surface area contributed by atoms with Gasteiger partial charge in [-0.25, -0.2) is 12.8 Å². The highest BCUT2D eigenvalue weighted by Crippen LogP contribution is 2.19. The van der Waals surface area contributed by atoms with Crippen molar-refractivity contribution >= 4 is 34.0 Å². The van der Waals surface area contributed by atoms with E-state index in [2.05, 4.69) is 15.4 Å². The Labute approximate surface area is 165 Å². The number of halogens is 2. The molecule has 0 atom stereocenters. The van der Waals surface area contributed by atoms with Gasteiger partial charge < -0.3 is 10.6 Å².